The number of nitrogens with zero attached hydrogens (tertiary/aromatic N) is 1. The van der Waals surface area contributed by atoms with Crippen LogP contribution in [0.25, 0.3) is 0 Å². The Morgan fingerprint density at radius 2 is 2.20 bits per heavy atom. The molecule has 0 aliphatic heterocycles. The van der Waals surface area contributed by atoms with Crippen molar-refractivity contribution in [2.45, 2.75) is 18.6 Å². The summed E-state index contributed by atoms with van der Waals surface area (Å²) in [6, 6.07) is 10.6. The quantitative estimate of drug-likeness (QED) is 0.830. The van der Waals surface area contributed by atoms with Crippen LogP contribution in [0.3, 0.4) is 0 Å². The van der Waals surface area contributed by atoms with Gasteiger partial charge in [0.05, 0.1) is 11.6 Å². The first kappa shape index (κ1) is 14.6. The van der Waals surface area contributed by atoms with Crippen molar-refractivity contribution in [2.24, 2.45) is 0 Å². The number of pyridine rings is 1. The number of hydrogen-bond donors (Lipinski definition) is 2. The van der Waals surface area contributed by atoms with Gasteiger partial charge in [0.1, 0.15) is 0 Å². The molecule has 0 spiro atoms. The van der Waals surface area contributed by atoms with E-state index in [9.17, 15) is 4.79 Å². The molecule has 104 valence electrons. The van der Waals surface area contributed by atoms with Crippen molar-refractivity contribution in [1.82, 2.24) is 4.98 Å². The highest BCUT2D eigenvalue weighted by Gasteiger charge is 2.07. The molecule has 1 aromatic carbocycles. The van der Waals surface area contributed by atoms with Gasteiger partial charge in [-0.2, -0.15) is 0 Å². The number of hydrogen-bond acceptors (Lipinski definition) is 4. The number of carbonyl (C=O) groups is 1. The zero-order valence-electron chi connectivity index (χ0n) is 11.2. The standard InChI is InChI=1S/C15H16N2O2S/c1-2-20-14-9-12(6-7-16-14)15(19)17-13-5-3-4-11(8-13)10-18/h3-9,18H,2,10H2,1H3,(H,17,19). The molecule has 1 aromatic heterocycles. The Morgan fingerprint density at radius 3 is 2.95 bits per heavy atom. The molecule has 0 fully saturated rings. The van der Waals surface area contributed by atoms with Gasteiger partial charge in [0, 0.05) is 17.4 Å². The van der Waals surface area contributed by atoms with Crippen LogP contribution in [0, 0.1) is 0 Å². The predicted octanol–water partition coefficient (Wildman–Crippen LogP) is 2.94. The van der Waals surface area contributed by atoms with Crippen molar-refractivity contribution in [2.75, 3.05) is 11.1 Å². The molecule has 0 saturated carbocycles. The third-order valence-corrected chi connectivity index (χ3v) is 3.46. The van der Waals surface area contributed by atoms with Gasteiger partial charge < -0.3 is 10.4 Å². The average Bonchev–Trinajstić information content (AvgIpc) is 2.48. The van der Waals surface area contributed by atoms with Crippen LogP contribution in [0.5, 0.6) is 0 Å². The third kappa shape index (κ3) is 3.82. The van der Waals surface area contributed by atoms with Crippen LogP contribution in [-0.4, -0.2) is 21.8 Å². The second kappa shape index (κ2) is 7.07. The molecular formula is C15H16N2O2S. The number of thioether (sulfide) groups is 1. The van der Waals surface area contributed by atoms with Gasteiger partial charge in [-0.1, -0.05) is 19.1 Å². The van der Waals surface area contributed by atoms with Gasteiger partial charge >= 0.3 is 0 Å². The van der Waals surface area contributed by atoms with E-state index < -0.39 is 0 Å². The minimum absolute atomic E-state index is 0.0454. The van der Waals surface area contributed by atoms with Crippen molar-refractivity contribution < 1.29 is 9.90 Å². The number of amides is 1. The average molecular weight is 288 g/mol. The van der Waals surface area contributed by atoms with Crippen molar-refractivity contribution in [1.29, 1.82) is 0 Å². The van der Waals surface area contributed by atoms with Crippen LogP contribution in [0.1, 0.15) is 22.8 Å². The van der Waals surface area contributed by atoms with E-state index in [0.29, 0.717) is 11.3 Å². The Morgan fingerprint density at radius 1 is 1.35 bits per heavy atom. The van der Waals surface area contributed by atoms with Crippen LogP contribution in [0.15, 0.2) is 47.6 Å². The maximum absolute atomic E-state index is 12.2. The number of carbonyl (C=O) groups excluding carboxylic acids is 1. The van der Waals surface area contributed by atoms with Gasteiger partial charge in [-0.3, -0.25) is 4.79 Å². The Bertz CT molecular complexity index is 602. The first-order valence-corrected chi connectivity index (χ1v) is 7.31. The summed E-state index contributed by atoms with van der Waals surface area (Å²) in [6.07, 6.45) is 1.64. The Kier molecular flexibility index (Phi) is 5.15. The maximum atomic E-state index is 12.2. The molecule has 2 rings (SSSR count). The monoisotopic (exact) mass is 288 g/mol. The second-order valence-corrected chi connectivity index (χ2v) is 5.41. The molecular weight excluding hydrogens is 272 g/mol. The van der Waals surface area contributed by atoms with Gasteiger partial charge in [-0.05, 0) is 35.6 Å². The molecule has 1 amide bonds. The van der Waals surface area contributed by atoms with E-state index in [1.807, 2.05) is 6.92 Å². The normalized spacial score (nSPS) is 10.3. The first-order chi connectivity index (χ1) is 9.72. The maximum Gasteiger partial charge on any atom is 0.255 e. The molecule has 2 N–H and O–H groups in total. The highest BCUT2D eigenvalue weighted by molar-refractivity contribution is 7.99. The molecule has 0 aliphatic rings. The molecule has 5 heteroatoms. The minimum atomic E-state index is -0.180. The van der Waals surface area contributed by atoms with Gasteiger partial charge in [0.15, 0.2) is 0 Å². The molecule has 0 atom stereocenters. The number of aliphatic hydroxyl groups is 1. The molecule has 0 bridgehead atoms. The Labute approximate surface area is 122 Å². The van der Waals surface area contributed by atoms with Crippen LogP contribution < -0.4 is 5.32 Å². The van der Waals surface area contributed by atoms with Gasteiger partial charge in [0.2, 0.25) is 0 Å². The SMILES string of the molecule is CCSc1cc(C(=O)Nc2cccc(CO)c2)ccn1. The largest absolute Gasteiger partial charge is 0.392 e. The van der Waals surface area contributed by atoms with E-state index >= 15 is 0 Å². The molecule has 0 aliphatic carbocycles. The Hall–Kier alpha value is -1.85. The van der Waals surface area contributed by atoms with Crippen LogP contribution in [0.4, 0.5) is 5.69 Å². The van der Waals surface area contributed by atoms with E-state index in [1.54, 1.807) is 54.4 Å². The topological polar surface area (TPSA) is 62.2 Å². The number of aromatic nitrogens is 1. The fourth-order valence-corrected chi connectivity index (χ4v) is 2.37. The molecule has 0 unspecified atom stereocenters. The lowest BCUT2D eigenvalue weighted by Crippen LogP contribution is -2.12. The lowest BCUT2D eigenvalue weighted by Gasteiger charge is -2.07. The Balaban J connectivity index is 2.12. The van der Waals surface area contributed by atoms with E-state index in [-0.39, 0.29) is 12.5 Å². The van der Waals surface area contributed by atoms with E-state index in [2.05, 4.69) is 10.3 Å². The van der Waals surface area contributed by atoms with Crippen LogP contribution in [0.2, 0.25) is 0 Å². The predicted molar refractivity (Wildman–Crippen MR) is 81.0 cm³/mol. The van der Waals surface area contributed by atoms with Crippen molar-refractivity contribution in [3.63, 3.8) is 0 Å². The lowest BCUT2D eigenvalue weighted by molar-refractivity contribution is 0.102. The first-order valence-electron chi connectivity index (χ1n) is 6.33. The summed E-state index contributed by atoms with van der Waals surface area (Å²) in [5.74, 6) is 0.733. The summed E-state index contributed by atoms with van der Waals surface area (Å²) in [7, 11) is 0. The van der Waals surface area contributed by atoms with E-state index in [1.165, 1.54) is 0 Å². The zero-order valence-corrected chi connectivity index (χ0v) is 12.0. The summed E-state index contributed by atoms with van der Waals surface area (Å²) in [5.41, 5.74) is 2.01. The number of nitrogens with one attached hydrogen (secondary N) is 1. The third-order valence-electron chi connectivity index (χ3n) is 2.66. The number of benzene rings is 1. The molecule has 2 aromatic rings. The van der Waals surface area contributed by atoms with Gasteiger partial charge in [-0.15, -0.1) is 11.8 Å². The van der Waals surface area contributed by atoms with Crippen LogP contribution >= 0.6 is 11.8 Å². The highest BCUT2D eigenvalue weighted by Crippen LogP contribution is 2.17. The lowest BCUT2D eigenvalue weighted by atomic mass is 10.2. The van der Waals surface area contributed by atoms with E-state index in [0.717, 1.165) is 16.3 Å². The van der Waals surface area contributed by atoms with Crippen LogP contribution in [-0.2, 0) is 6.61 Å². The molecule has 20 heavy (non-hydrogen) atoms. The van der Waals surface area contributed by atoms with Gasteiger partial charge in [-0.25, -0.2) is 4.98 Å². The zero-order chi connectivity index (χ0) is 14.4. The fraction of sp³-hybridized carbons (Fsp3) is 0.200. The molecule has 4 nitrogen and oxygen atoms in total. The number of aliphatic hydroxyl groups excluding tert-OH is 1. The van der Waals surface area contributed by atoms with Crippen molar-refractivity contribution >= 4 is 23.4 Å². The van der Waals surface area contributed by atoms with Gasteiger partial charge in [0.25, 0.3) is 5.91 Å². The van der Waals surface area contributed by atoms with Crippen molar-refractivity contribution in [3.05, 3.63) is 53.7 Å². The smallest absolute Gasteiger partial charge is 0.255 e. The summed E-state index contributed by atoms with van der Waals surface area (Å²) in [4.78, 5) is 16.4. The second-order valence-electron chi connectivity index (χ2n) is 4.13. The summed E-state index contributed by atoms with van der Waals surface area (Å²) in [6.45, 7) is 2.00. The molecule has 0 radical (unpaired) electrons. The van der Waals surface area contributed by atoms with E-state index in [4.69, 9.17) is 5.11 Å². The number of anilines is 1. The highest BCUT2D eigenvalue weighted by atomic mass is 32.2. The molecule has 0 saturated heterocycles. The summed E-state index contributed by atoms with van der Waals surface area (Å²) < 4.78 is 0. The molecule has 1 heterocycles. The fourth-order valence-electron chi connectivity index (χ4n) is 1.73. The van der Waals surface area contributed by atoms with Crippen molar-refractivity contribution in [3.8, 4) is 0 Å². The number of rotatable bonds is 5. The minimum Gasteiger partial charge on any atom is -0.392 e. The summed E-state index contributed by atoms with van der Waals surface area (Å²) in [5, 5.41) is 12.7. The summed E-state index contributed by atoms with van der Waals surface area (Å²) >= 11 is 1.60.